The summed E-state index contributed by atoms with van der Waals surface area (Å²) in [5.41, 5.74) is -0.146. The van der Waals surface area contributed by atoms with Crippen LogP contribution in [-0.2, 0) is 10.2 Å². The van der Waals surface area contributed by atoms with Gasteiger partial charge in [0.15, 0.2) is 0 Å². The summed E-state index contributed by atoms with van der Waals surface area (Å²) in [5, 5.41) is 9.33. The second-order valence-corrected chi connectivity index (χ2v) is 5.54. The van der Waals surface area contributed by atoms with Crippen molar-refractivity contribution >= 4 is 5.91 Å². The van der Waals surface area contributed by atoms with Crippen molar-refractivity contribution in [3.63, 3.8) is 0 Å². The fourth-order valence-electron chi connectivity index (χ4n) is 3.14. The topological polar surface area (TPSA) is 40.5 Å². The molecule has 19 heavy (non-hydrogen) atoms. The molecule has 1 aromatic rings. The van der Waals surface area contributed by atoms with E-state index in [9.17, 15) is 14.3 Å². The molecule has 1 aliphatic heterocycles. The molecule has 3 nitrogen and oxygen atoms in total. The maximum absolute atomic E-state index is 13.9. The molecule has 0 aromatic heterocycles. The number of amides is 1. The van der Waals surface area contributed by atoms with Crippen LogP contribution in [0.25, 0.3) is 0 Å². The maximum Gasteiger partial charge on any atom is 0.233 e. The molecule has 1 aromatic carbocycles. The Labute approximate surface area is 112 Å². The Morgan fingerprint density at radius 3 is 2.79 bits per heavy atom. The smallest absolute Gasteiger partial charge is 0.233 e. The minimum Gasteiger partial charge on any atom is -0.394 e. The molecule has 2 fully saturated rings. The number of carbonyl (C=O) groups is 1. The van der Waals surface area contributed by atoms with Crippen molar-refractivity contribution in [2.24, 2.45) is 0 Å². The van der Waals surface area contributed by atoms with Crippen LogP contribution in [0.1, 0.15) is 31.2 Å². The Morgan fingerprint density at radius 1 is 1.42 bits per heavy atom. The van der Waals surface area contributed by atoms with Crippen molar-refractivity contribution < 1.29 is 14.3 Å². The van der Waals surface area contributed by atoms with E-state index in [1.165, 1.54) is 6.07 Å². The summed E-state index contributed by atoms with van der Waals surface area (Å²) >= 11 is 0. The molecule has 0 radical (unpaired) electrons. The third-order valence-electron chi connectivity index (χ3n) is 4.40. The van der Waals surface area contributed by atoms with E-state index in [1.54, 1.807) is 23.1 Å². The third-order valence-corrected chi connectivity index (χ3v) is 4.40. The van der Waals surface area contributed by atoms with Crippen LogP contribution in [0.15, 0.2) is 24.3 Å². The molecule has 1 atom stereocenters. The lowest BCUT2D eigenvalue weighted by molar-refractivity contribution is -0.135. The lowest BCUT2D eigenvalue weighted by Gasteiger charge is -2.28. The highest BCUT2D eigenvalue weighted by Crippen LogP contribution is 2.51. The van der Waals surface area contributed by atoms with Crippen molar-refractivity contribution in [3.05, 3.63) is 35.6 Å². The van der Waals surface area contributed by atoms with E-state index in [4.69, 9.17) is 0 Å². The quantitative estimate of drug-likeness (QED) is 0.904. The van der Waals surface area contributed by atoms with Gasteiger partial charge < -0.3 is 10.0 Å². The van der Waals surface area contributed by atoms with Crippen molar-refractivity contribution in [1.29, 1.82) is 0 Å². The van der Waals surface area contributed by atoms with Crippen LogP contribution in [-0.4, -0.2) is 35.1 Å². The number of nitrogens with zero attached hydrogens (tertiary/aromatic N) is 1. The third kappa shape index (κ3) is 1.94. The summed E-state index contributed by atoms with van der Waals surface area (Å²) in [6.45, 7) is 0.680. The van der Waals surface area contributed by atoms with Gasteiger partial charge in [0.25, 0.3) is 0 Å². The summed E-state index contributed by atoms with van der Waals surface area (Å²) in [5.74, 6) is -0.303. The first kappa shape index (κ1) is 12.6. The molecule has 0 bridgehead atoms. The first-order valence-corrected chi connectivity index (χ1v) is 6.86. The van der Waals surface area contributed by atoms with Crippen molar-refractivity contribution in [1.82, 2.24) is 4.90 Å². The Bertz CT molecular complexity index is 499. The van der Waals surface area contributed by atoms with Crippen LogP contribution in [0, 0.1) is 5.82 Å². The number of aliphatic hydroxyl groups is 1. The van der Waals surface area contributed by atoms with Gasteiger partial charge in [0.05, 0.1) is 18.1 Å². The Balaban J connectivity index is 1.89. The van der Waals surface area contributed by atoms with Gasteiger partial charge in [-0.3, -0.25) is 4.79 Å². The first-order valence-electron chi connectivity index (χ1n) is 6.86. The Morgan fingerprint density at radius 2 is 2.16 bits per heavy atom. The molecule has 0 spiro atoms. The normalized spacial score (nSPS) is 24.5. The standard InChI is InChI=1S/C15H18FNO2/c16-13-6-2-1-5-12(13)15(7-8-15)14(19)17-9-3-4-11(17)10-18/h1-2,5-6,11,18H,3-4,7-10H2. The van der Waals surface area contributed by atoms with Crippen LogP contribution >= 0.6 is 0 Å². The van der Waals surface area contributed by atoms with Gasteiger partial charge in [-0.05, 0) is 31.7 Å². The van der Waals surface area contributed by atoms with E-state index in [0.29, 0.717) is 24.9 Å². The van der Waals surface area contributed by atoms with E-state index in [0.717, 1.165) is 12.8 Å². The molecule has 1 saturated heterocycles. The number of hydrogen-bond donors (Lipinski definition) is 1. The summed E-state index contributed by atoms with van der Waals surface area (Å²) < 4.78 is 13.9. The number of benzene rings is 1. The molecular weight excluding hydrogens is 245 g/mol. The minimum absolute atomic E-state index is 0.000901. The summed E-state index contributed by atoms with van der Waals surface area (Å²) in [7, 11) is 0. The van der Waals surface area contributed by atoms with Gasteiger partial charge in [0, 0.05) is 12.1 Å². The predicted octanol–water partition coefficient (Wildman–Crippen LogP) is 1.84. The zero-order chi connectivity index (χ0) is 13.5. The van der Waals surface area contributed by atoms with Gasteiger partial charge in [-0.25, -0.2) is 4.39 Å². The molecule has 4 heteroatoms. The monoisotopic (exact) mass is 263 g/mol. The highest BCUT2D eigenvalue weighted by atomic mass is 19.1. The van der Waals surface area contributed by atoms with E-state index >= 15 is 0 Å². The van der Waals surface area contributed by atoms with Crippen LogP contribution in [0.5, 0.6) is 0 Å². The van der Waals surface area contributed by atoms with E-state index < -0.39 is 5.41 Å². The van der Waals surface area contributed by atoms with Crippen LogP contribution < -0.4 is 0 Å². The van der Waals surface area contributed by atoms with Gasteiger partial charge in [0.1, 0.15) is 5.82 Å². The average molecular weight is 263 g/mol. The molecule has 1 amide bonds. The number of halogens is 1. The molecule has 1 aliphatic carbocycles. The zero-order valence-corrected chi connectivity index (χ0v) is 10.8. The fraction of sp³-hybridized carbons (Fsp3) is 0.533. The summed E-state index contributed by atoms with van der Waals surface area (Å²) in [4.78, 5) is 14.4. The minimum atomic E-state index is -0.664. The van der Waals surface area contributed by atoms with Crippen molar-refractivity contribution in [2.45, 2.75) is 37.1 Å². The Hall–Kier alpha value is -1.42. The fourth-order valence-corrected chi connectivity index (χ4v) is 3.14. The van der Waals surface area contributed by atoms with E-state index in [-0.39, 0.29) is 24.4 Å². The molecule has 1 unspecified atom stereocenters. The summed E-state index contributed by atoms with van der Waals surface area (Å²) in [6, 6.07) is 6.46. The second kappa shape index (κ2) is 4.60. The molecule has 1 saturated carbocycles. The predicted molar refractivity (Wildman–Crippen MR) is 69.1 cm³/mol. The van der Waals surface area contributed by atoms with E-state index in [1.807, 2.05) is 0 Å². The van der Waals surface area contributed by atoms with Gasteiger partial charge in [0.2, 0.25) is 5.91 Å². The van der Waals surface area contributed by atoms with Gasteiger partial charge in [-0.2, -0.15) is 0 Å². The average Bonchev–Trinajstić information content (AvgIpc) is 3.09. The molecule has 1 N–H and O–H groups in total. The van der Waals surface area contributed by atoms with Crippen LogP contribution in [0.3, 0.4) is 0 Å². The number of carbonyl (C=O) groups excluding carboxylic acids is 1. The first-order chi connectivity index (χ1) is 9.19. The van der Waals surface area contributed by atoms with Gasteiger partial charge >= 0.3 is 0 Å². The highest BCUT2D eigenvalue weighted by Gasteiger charge is 2.55. The van der Waals surface area contributed by atoms with Gasteiger partial charge in [-0.1, -0.05) is 18.2 Å². The molecular formula is C15H18FNO2. The number of hydrogen-bond acceptors (Lipinski definition) is 2. The van der Waals surface area contributed by atoms with Gasteiger partial charge in [-0.15, -0.1) is 0 Å². The molecule has 102 valence electrons. The SMILES string of the molecule is O=C(N1CCCC1CO)C1(c2ccccc2F)CC1. The molecule has 1 heterocycles. The number of aliphatic hydroxyl groups excluding tert-OH is 1. The second-order valence-electron chi connectivity index (χ2n) is 5.54. The van der Waals surface area contributed by atoms with Crippen molar-refractivity contribution in [2.75, 3.05) is 13.2 Å². The van der Waals surface area contributed by atoms with Crippen LogP contribution in [0.2, 0.25) is 0 Å². The van der Waals surface area contributed by atoms with Crippen LogP contribution in [0.4, 0.5) is 4.39 Å². The van der Waals surface area contributed by atoms with Crippen molar-refractivity contribution in [3.8, 4) is 0 Å². The Kier molecular flexibility index (Phi) is 3.05. The lowest BCUT2D eigenvalue weighted by Crippen LogP contribution is -2.44. The zero-order valence-electron chi connectivity index (χ0n) is 10.8. The van der Waals surface area contributed by atoms with E-state index in [2.05, 4.69) is 0 Å². The highest BCUT2D eigenvalue weighted by molar-refractivity contribution is 5.91. The number of rotatable bonds is 3. The molecule has 3 rings (SSSR count). The molecule has 2 aliphatic rings. The maximum atomic E-state index is 13.9. The summed E-state index contributed by atoms with van der Waals surface area (Å²) in [6.07, 6.45) is 3.18. The lowest BCUT2D eigenvalue weighted by atomic mass is 9.93. The number of likely N-dealkylation sites (tertiary alicyclic amines) is 1. The largest absolute Gasteiger partial charge is 0.394 e.